The maximum Gasteiger partial charge on any atom is 0.260 e. The molecule has 0 N–H and O–H groups in total. The molecule has 0 radical (unpaired) electrons. The van der Waals surface area contributed by atoms with E-state index in [-0.39, 0.29) is 12.5 Å². The molecule has 0 saturated carbocycles. The average molecular weight is 452 g/mol. The largest absolute Gasteiger partial charge is 0.484 e. The van der Waals surface area contributed by atoms with Crippen LogP contribution in [0.25, 0.3) is 21.0 Å². The highest BCUT2D eigenvalue weighted by Gasteiger charge is 2.24. The zero-order chi connectivity index (χ0) is 21.4. The first kappa shape index (κ1) is 20.1. The van der Waals surface area contributed by atoms with Gasteiger partial charge in [0.1, 0.15) is 5.75 Å². The first-order valence-electron chi connectivity index (χ1n) is 10.3. The van der Waals surface area contributed by atoms with Crippen LogP contribution in [0, 0.1) is 6.92 Å². The summed E-state index contributed by atoms with van der Waals surface area (Å²) in [5.41, 5.74) is 2.09. The number of aromatic nitrogens is 1. The number of rotatable bonds is 4. The highest BCUT2D eigenvalue weighted by molar-refractivity contribution is 7.22. The van der Waals surface area contributed by atoms with E-state index in [1.54, 1.807) is 11.3 Å². The molecule has 1 aromatic heterocycles. The molecular formula is C24H22ClN3O2S. The van der Waals surface area contributed by atoms with E-state index in [9.17, 15) is 4.79 Å². The predicted molar refractivity (Wildman–Crippen MR) is 128 cm³/mol. The van der Waals surface area contributed by atoms with Crippen molar-refractivity contribution in [3.05, 3.63) is 65.2 Å². The van der Waals surface area contributed by atoms with Gasteiger partial charge < -0.3 is 14.5 Å². The summed E-state index contributed by atoms with van der Waals surface area (Å²) in [7, 11) is 0. The predicted octanol–water partition coefficient (Wildman–Crippen LogP) is 5.14. The van der Waals surface area contributed by atoms with E-state index >= 15 is 0 Å². The van der Waals surface area contributed by atoms with E-state index in [4.69, 9.17) is 21.3 Å². The summed E-state index contributed by atoms with van der Waals surface area (Å²) in [6, 6.07) is 17.9. The lowest BCUT2D eigenvalue weighted by molar-refractivity contribution is -0.133. The second-order valence-corrected chi connectivity index (χ2v) is 9.09. The molecule has 3 aromatic carbocycles. The monoisotopic (exact) mass is 451 g/mol. The van der Waals surface area contributed by atoms with Gasteiger partial charge in [0.25, 0.3) is 5.91 Å². The summed E-state index contributed by atoms with van der Waals surface area (Å²) in [5.74, 6) is 0.725. The SMILES string of the molecule is Cc1ccc(Cl)c2sc(N3CCN(C(=O)COc4ccc5ccccc5c4)CC3)nc12. The molecule has 5 rings (SSSR count). The van der Waals surface area contributed by atoms with Crippen molar-refractivity contribution in [3.63, 3.8) is 0 Å². The Bertz CT molecular complexity index is 1230. The summed E-state index contributed by atoms with van der Waals surface area (Å²) in [4.78, 5) is 21.6. The quantitative estimate of drug-likeness (QED) is 0.431. The van der Waals surface area contributed by atoms with Crippen molar-refractivity contribution >= 4 is 55.0 Å². The van der Waals surface area contributed by atoms with Crippen molar-refractivity contribution in [1.82, 2.24) is 9.88 Å². The number of aryl methyl sites for hydroxylation is 1. The van der Waals surface area contributed by atoms with Gasteiger partial charge >= 0.3 is 0 Å². The lowest BCUT2D eigenvalue weighted by atomic mass is 10.1. The molecule has 1 aliphatic rings. The molecule has 31 heavy (non-hydrogen) atoms. The number of piperazine rings is 1. The third-order valence-electron chi connectivity index (χ3n) is 5.67. The van der Waals surface area contributed by atoms with Crippen molar-refractivity contribution in [2.75, 3.05) is 37.7 Å². The topological polar surface area (TPSA) is 45.7 Å². The third kappa shape index (κ3) is 4.05. The van der Waals surface area contributed by atoms with E-state index in [2.05, 4.69) is 11.0 Å². The number of hydrogen-bond donors (Lipinski definition) is 0. The van der Waals surface area contributed by atoms with Gasteiger partial charge in [0, 0.05) is 26.2 Å². The van der Waals surface area contributed by atoms with Gasteiger partial charge in [-0.2, -0.15) is 0 Å². The zero-order valence-electron chi connectivity index (χ0n) is 17.2. The van der Waals surface area contributed by atoms with E-state index in [1.807, 2.05) is 60.4 Å². The minimum Gasteiger partial charge on any atom is -0.484 e. The number of ether oxygens (including phenoxy) is 1. The Morgan fingerprint density at radius 1 is 1.06 bits per heavy atom. The van der Waals surface area contributed by atoms with Crippen molar-refractivity contribution in [2.45, 2.75) is 6.92 Å². The number of nitrogens with zero attached hydrogens (tertiary/aromatic N) is 3. The van der Waals surface area contributed by atoms with Crippen molar-refractivity contribution in [3.8, 4) is 5.75 Å². The molecule has 0 bridgehead atoms. The van der Waals surface area contributed by atoms with Gasteiger partial charge in [-0.15, -0.1) is 0 Å². The number of benzene rings is 3. The molecule has 1 amide bonds. The van der Waals surface area contributed by atoms with Gasteiger partial charge in [0.05, 0.1) is 15.2 Å². The van der Waals surface area contributed by atoms with E-state index in [0.29, 0.717) is 18.8 Å². The molecule has 7 heteroatoms. The molecule has 4 aromatic rings. The summed E-state index contributed by atoms with van der Waals surface area (Å²) in [6.45, 7) is 4.91. The summed E-state index contributed by atoms with van der Waals surface area (Å²) < 4.78 is 6.80. The fraction of sp³-hybridized carbons (Fsp3) is 0.250. The Labute approximate surface area is 189 Å². The van der Waals surface area contributed by atoms with Crippen LogP contribution in [0.2, 0.25) is 5.02 Å². The highest BCUT2D eigenvalue weighted by atomic mass is 35.5. The van der Waals surface area contributed by atoms with Crippen molar-refractivity contribution < 1.29 is 9.53 Å². The minimum atomic E-state index is 0.0102. The third-order valence-corrected chi connectivity index (χ3v) is 7.25. The van der Waals surface area contributed by atoms with Crippen LogP contribution in [0.1, 0.15) is 5.56 Å². The van der Waals surface area contributed by atoms with Crippen LogP contribution >= 0.6 is 22.9 Å². The smallest absolute Gasteiger partial charge is 0.260 e. The van der Waals surface area contributed by atoms with Crippen LogP contribution in [0.3, 0.4) is 0 Å². The molecule has 2 heterocycles. The maximum atomic E-state index is 12.7. The second-order valence-electron chi connectivity index (χ2n) is 7.70. The van der Waals surface area contributed by atoms with Gasteiger partial charge in [-0.05, 0) is 41.5 Å². The van der Waals surface area contributed by atoms with Crippen molar-refractivity contribution in [2.24, 2.45) is 0 Å². The van der Waals surface area contributed by atoms with Crippen LogP contribution in [-0.2, 0) is 4.79 Å². The van der Waals surface area contributed by atoms with Crippen LogP contribution in [0.15, 0.2) is 54.6 Å². The van der Waals surface area contributed by atoms with Gasteiger partial charge in [-0.3, -0.25) is 4.79 Å². The van der Waals surface area contributed by atoms with Crippen LogP contribution in [0.4, 0.5) is 5.13 Å². The van der Waals surface area contributed by atoms with Crippen LogP contribution in [-0.4, -0.2) is 48.6 Å². The number of hydrogen-bond acceptors (Lipinski definition) is 5. The summed E-state index contributed by atoms with van der Waals surface area (Å²) in [6.07, 6.45) is 0. The van der Waals surface area contributed by atoms with Gasteiger partial charge in [0.15, 0.2) is 11.7 Å². The number of carbonyl (C=O) groups excluding carboxylic acids is 1. The number of carbonyl (C=O) groups is 1. The number of fused-ring (bicyclic) bond motifs is 2. The van der Waals surface area contributed by atoms with Crippen LogP contribution < -0.4 is 9.64 Å². The second kappa shape index (κ2) is 8.36. The Hall–Kier alpha value is -2.83. The number of halogens is 1. The molecule has 0 atom stereocenters. The van der Waals surface area contributed by atoms with E-state index in [0.717, 1.165) is 49.8 Å². The molecule has 1 saturated heterocycles. The van der Waals surface area contributed by atoms with Crippen molar-refractivity contribution in [1.29, 1.82) is 0 Å². The normalized spacial score (nSPS) is 14.4. The Balaban J connectivity index is 1.19. The zero-order valence-corrected chi connectivity index (χ0v) is 18.7. The molecule has 0 aliphatic carbocycles. The molecule has 5 nitrogen and oxygen atoms in total. The molecular weight excluding hydrogens is 430 g/mol. The summed E-state index contributed by atoms with van der Waals surface area (Å²) >= 11 is 7.97. The highest BCUT2D eigenvalue weighted by Crippen LogP contribution is 2.35. The fourth-order valence-electron chi connectivity index (χ4n) is 3.87. The summed E-state index contributed by atoms with van der Waals surface area (Å²) in [5, 5.41) is 3.96. The lowest BCUT2D eigenvalue weighted by Gasteiger charge is -2.34. The Morgan fingerprint density at radius 2 is 1.84 bits per heavy atom. The molecule has 158 valence electrons. The van der Waals surface area contributed by atoms with Crippen LogP contribution in [0.5, 0.6) is 5.75 Å². The number of anilines is 1. The number of thiazole rings is 1. The van der Waals surface area contributed by atoms with Gasteiger partial charge in [-0.25, -0.2) is 4.98 Å². The average Bonchev–Trinajstić information content (AvgIpc) is 3.27. The molecule has 0 unspecified atom stereocenters. The molecule has 1 aliphatic heterocycles. The standard InChI is InChI=1S/C24H22ClN3O2S/c1-16-6-9-20(25)23-22(16)26-24(31-23)28-12-10-27(11-13-28)21(29)15-30-19-8-7-17-4-2-3-5-18(17)14-19/h2-9,14H,10-13,15H2,1H3. The first-order chi connectivity index (χ1) is 15.1. The minimum absolute atomic E-state index is 0.0102. The Kier molecular flexibility index (Phi) is 5.42. The lowest BCUT2D eigenvalue weighted by Crippen LogP contribution is -2.50. The van der Waals surface area contributed by atoms with E-state index < -0.39 is 0 Å². The molecule has 0 spiro atoms. The first-order valence-corrected chi connectivity index (χ1v) is 11.5. The fourth-order valence-corrected chi connectivity index (χ4v) is 5.23. The Morgan fingerprint density at radius 3 is 2.61 bits per heavy atom. The number of amides is 1. The maximum absolute atomic E-state index is 12.7. The molecule has 1 fully saturated rings. The van der Waals surface area contributed by atoms with E-state index in [1.165, 1.54) is 0 Å². The van der Waals surface area contributed by atoms with Gasteiger partial charge in [-0.1, -0.05) is 59.3 Å². The van der Waals surface area contributed by atoms with Gasteiger partial charge in [0.2, 0.25) is 0 Å².